The summed E-state index contributed by atoms with van der Waals surface area (Å²) < 4.78 is 0. The molecule has 0 aromatic carbocycles. The highest BCUT2D eigenvalue weighted by Gasteiger charge is 2.39. The molecule has 2 aliphatic rings. The van der Waals surface area contributed by atoms with Crippen molar-refractivity contribution >= 4 is 6.03 Å². The average molecular weight is 194 g/mol. The van der Waals surface area contributed by atoms with E-state index in [4.69, 9.17) is 5.73 Å². The first-order valence-corrected chi connectivity index (χ1v) is 5.45. The van der Waals surface area contributed by atoms with Crippen LogP contribution in [-0.2, 0) is 0 Å². The summed E-state index contributed by atoms with van der Waals surface area (Å²) in [6, 6.07) is -0.115. The van der Waals surface area contributed by atoms with Crippen molar-refractivity contribution in [2.75, 3.05) is 0 Å². The first-order valence-electron chi connectivity index (χ1n) is 5.45. The van der Waals surface area contributed by atoms with Gasteiger partial charge in [-0.25, -0.2) is 4.79 Å². The number of carbonyl (C=O) groups excluding carboxylic acids is 1. The molecule has 4 atom stereocenters. The largest absolute Gasteiger partial charge is 0.352 e. The van der Waals surface area contributed by atoms with Crippen LogP contribution < -0.4 is 11.1 Å². The van der Waals surface area contributed by atoms with E-state index in [2.05, 4.69) is 24.4 Å². The molecule has 1 fully saturated rings. The van der Waals surface area contributed by atoms with Crippen LogP contribution in [0.3, 0.4) is 0 Å². The summed E-state index contributed by atoms with van der Waals surface area (Å²) in [5.41, 5.74) is 5.17. The van der Waals surface area contributed by atoms with Gasteiger partial charge in [0.15, 0.2) is 0 Å². The lowest BCUT2D eigenvalue weighted by molar-refractivity contribution is 0.233. The van der Waals surface area contributed by atoms with Gasteiger partial charge in [-0.15, -0.1) is 0 Å². The zero-order valence-corrected chi connectivity index (χ0v) is 8.57. The zero-order valence-electron chi connectivity index (χ0n) is 8.57. The number of fused-ring (bicyclic) bond motifs is 2. The molecule has 1 saturated carbocycles. The Kier molecular flexibility index (Phi) is 2.48. The second-order valence-electron chi connectivity index (χ2n) is 4.47. The van der Waals surface area contributed by atoms with Gasteiger partial charge in [-0.3, -0.25) is 0 Å². The SMILES string of the molecule is CCC(NC(N)=O)C1CC2C=CC1C2. The number of allylic oxidation sites excluding steroid dienone is 2. The average Bonchev–Trinajstić information content (AvgIpc) is 2.74. The van der Waals surface area contributed by atoms with Crippen molar-refractivity contribution < 1.29 is 4.79 Å². The number of carbonyl (C=O) groups is 1. The Balaban J connectivity index is 1.99. The van der Waals surface area contributed by atoms with Crippen LogP contribution in [0.2, 0.25) is 0 Å². The molecule has 78 valence electrons. The number of primary amides is 1. The van der Waals surface area contributed by atoms with E-state index in [0.717, 1.165) is 12.3 Å². The van der Waals surface area contributed by atoms with Crippen molar-refractivity contribution in [2.45, 2.75) is 32.2 Å². The highest BCUT2D eigenvalue weighted by molar-refractivity contribution is 5.72. The van der Waals surface area contributed by atoms with Crippen LogP contribution in [-0.4, -0.2) is 12.1 Å². The van der Waals surface area contributed by atoms with E-state index in [1.54, 1.807) is 0 Å². The molecule has 2 rings (SSSR count). The first kappa shape index (κ1) is 9.56. The van der Waals surface area contributed by atoms with Crippen molar-refractivity contribution in [3.8, 4) is 0 Å². The predicted octanol–water partition coefficient (Wildman–Crippen LogP) is 1.65. The highest BCUT2D eigenvalue weighted by atomic mass is 16.2. The number of urea groups is 1. The van der Waals surface area contributed by atoms with Gasteiger partial charge < -0.3 is 11.1 Å². The van der Waals surface area contributed by atoms with Crippen LogP contribution in [0, 0.1) is 17.8 Å². The third-order valence-corrected chi connectivity index (χ3v) is 3.61. The fourth-order valence-corrected chi connectivity index (χ4v) is 2.98. The smallest absolute Gasteiger partial charge is 0.312 e. The summed E-state index contributed by atoms with van der Waals surface area (Å²) in [6.07, 6.45) is 8.11. The van der Waals surface area contributed by atoms with Gasteiger partial charge in [0.2, 0.25) is 0 Å². The Morgan fingerprint density at radius 1 is 1.57 bits per heavy atom. The summed E-state index contributed by atoms with van der Waals surface area (Å²) in [6.45, 7) is 2.11. The summed E-state index contributed by atoms with van der Waals surface area (Å²) in [5.74, 6) is 2.05. The van der Waals surface area contributed by atoms with E-state index in [1.807, 2.05) is 0 Å². The third kappa shape index (κ3) is 1.63. The standard InChI is InChI=1S/C11H18N2O/c1-2-10(13-11(12)14)9-6-7-3-4-8(9)5-7/h3-4,7-10H,2,5-6H2,1H3,(H3,12,13,14). The second kappa shape index (κ2) is 3.64. The van der Waals surface area contributed by atoms with E-state index in [0.29, 0.717) is 11.8 Å². The van der Waals surface area contributed by atoms with Crippen molar-refractivity contribution in [3.63, 3.8) is 0 Å². The van der Waals surface area contributed by atoms with Crippen molar-refractivity contribution in [3.05, 3.63) is 12.2 Å². The zero-order chi connectivity index (χ0) is 10.1. The number of hydrogen-bond acceptors (Lipinski definition) is 1. The molecular weight excluding hydrogens is 176 g/mol. The van der Waals surface area contributed by atoms with Gasteiger partial charge in [-0.1, -0.05) is 19.1 Å². The molecule has 3 heteroatoms. The van der Waals surface area contributed by atoms with E-state index < -0.39 is 0 Å². The van der Waals surface area contributed by atoms with Gasteiger partial charge >= 0.3 is 6.03 Å². The molecular formula is C11H18N2O. The molecule has 0 spiro atoms. The highest BCUT2D eigenvalue weighted by Crippen LogP contribution is 2.45. The molecule has 2 bridgehead atoms. The van der Waals surface area contributed by atoms with E-state index in [-0.39, 0.29) is 12.1 Å². The van der Waals surface area contributed by atoms with Crippen LogP contribution in [0.15, 0.2) is 12.2 Å². The summed E-state index contributed by atoms with van der Waals surface area (Å²) >= 11 is 0. The molecule has 0 heterocycles. The molecule has 3 N–H and O–H groups in total. The van der Waals surface area contributed by atoms with Gasteiger partial charge in [0.25, 0.3) is 0 Å². The molecule has 2 amide bonds. The summed E-state index contributed by atoms with van der Waals surface area (Å²) in [7, 11) is 0. The van der Waals surface area contributed by atoms with Crippen LogP contribution in [0.5, 0.6) is 0 Å². The molecule has 0 radical (unpaired) electrons. The molecule has 3 nitrogen and oxygen atoms in total. The number of amides is 2. The molecule has 0 aromatic heterocycles. The first-order chi connectivity index (χ1) is 6.70. The molecule has 2 aliphatic carbocycles. The Labute approximate surface area is 84.7 Å². The quantitative estimate of drug-likeness (QED) is 0.659. The van der Waals surface area contributed by atoms with E-state index >= 15 is 0 Å². The van der Waals surface area contributed by atoms with Gasteiger partial charge in [0.1, 0.15) is 0 Å². The Hall–Kier alpha value is -0.990. The molecule has 0 saturated heterocycles. The molecule has 0 aromatic rings. The Bertz CT molecular complexity index is 262. The van der Waals surface area contributed by atoms with Crippen molar-refractivity contribution in [1.29, 1.82) is 0 Å². The lowest BCUT2D eigenvalue weighted by Gasteiger charge is -2.27. The maximum atomic E-state index is 10.8. The number of hydrogen-bond donors (Lipinski definition) is 2. The number of nitrogens with one attached hydrogen (secondary N) is 1. The van der Waals surface area contributed by atoms with Gasteiger partial charge in [0, 0.05) is 6.04 Å². The van der Waals surface area contributed by atoms with E-state index in [1.165, 1.54) is 12.8 Å². The molecule has 4 unspecified atom stereocenters. The van der Waals surface area contributed by atoms with Crippen LogP contribution >= 0.6 is 0 Å². The lowest BCUT2D eigenvalue weighted by Crippen LogP contribution is -2.43. The van der Waals surface area contributed by atoms with Crippen molar-refractivity contribution in [2.24, 2.45) is 23.5 Å². The minimum absolute atomic E-state index is 0.271. The van der Waals surface area contributed by atoms with Crippen LogP contribution in [0.1, 0.15) is 26.2 Å². The normalized spacial score (nSPS) is 35.9. The predicted molar refractivity (Wildman–Crippen MR) is 55.6 cm³/mol. The minimum Gasteiger partial charge on any atom is -0.352 e. The summed E-state index contributed by atoms with van der Waals surface area (Å²) in [4.78, 5) is 10.8. The topological polar surface area (TPSA) is 55.1 Å². The van der Waals surface area contributed by atoms with Crippen LogP contribution in [0.25, 0.3) is 0 Å². The second-order valence-corrected chi connectivity index (χ2v) is 4.47. The lowest BCUT2D eigenvalue weighted by atomic mass is 9.85. The number of rotatable bonds is 3. The minimum atomic E-state index is -0.386. The fourth-order valence-electron chi connectivity index (χ4n) is 2.98. The van der Waals surface area contributed by atoms with Gasteiger partial charge in [0.05, 0.1) is 0 Å². The maximum absolute atomic E-state index is 10.8. The Morgan fingerprint density at radius 3 is 2.79 bits per heavy atom. The van der Waals surface area contributed by atoms with E-state index in [9.17, 15) is 4.79 Å². The monoisotopic (exact) mass is 194 g/mol. The Morgan fingerprint density at radius 2 is 2.36 bits per heavy atom. The third-order valence-electron chi connectivity index (χ3n) is 3.61. The van der Waals surface area contributed by atoms with Crippen LogP contribution in [0.4, 0.5) is 4.79 Å². The fraction of sp³-hybridized carbons (Fsp3) is 0.727. The molecule has 14 heavy (non-hydrogen) atoms. The maximum Gasteiger partial charge on any atom is 0.312 e. The summed E-state index contributed by atoms with van der Waals surface area (Å²) in [5, 5.41) is 2.86. The number of nitrogens with two attached hydrogens (primary N) is 1. The molecule has 0 aliphatic heterocycles. The van der Waals surface area contributed by atoms with Gasteiger partial charge in [-0.05, 0) is 37.0 Å². The van der Waals surface area contributed by atoms with Gasteiger partial charge in [-0.2, -0.15) is 0 Å². The van der Waals surface area contributed by atoms with Crippen molar-refractivity contribution in [1.82, 2.24) is 5.32 Å².